The molecule has 8 heteroatoms. The van der Waals surface area contributed by atoms with Crippen molar-refractivity contribution in [2.45, 2.75) is 45.3 Å². The highest BCUT2D eigenvalue weighted by molar-refractivity contribution is 5.97. The number of ether oxygens (including phenoxy) is 2. The van der Waals surface area contributed by atoms with E-state index in [4.69, 9.17) is 9.47 Å². The molecule has 2 N–H and O–H groups in total. The second-order valence-electron chi connectivity index (χ2n) is 7.69. The van der Waals surface area contributed by atoms with Gasteiger partial charge < -0.3 is 25.0 Å². The number of hydrogen-bond donors (Lipinski definition) is 2. The van der Waals surface area contributed by atoms with Gasteiger partial charge in [-0.25, -0.2) is 4.79 Å². The first-order valence-corrected chi connectivity index (χ1v) is 9.38. The van der Waals surface area contributed by atoms with E-state index in [9.17, 15) is 14.4 Å². The van der Waals surface area contributed by atoms with Crippen molar-refractivity contribution in [1.82, 2.24) is 15.5 Å². The Bertz CT molecular complexity index is 706. The van der Waals surface area contributed by atoms with Crippen molar-refractivity contribution in [2.24, 2.45) is 0 Å². The van der Waals surface area contributed by atoms with E-state index in [1.165, 1.54) is 0 Å². The molecule has 1 fully saturated rings. The number of carbonyl (C=O) groups is 3. The van der Waals surface area contributed by atoms with Gasteiger partial charge in [-0.15, -0.1) is 0 Å². The van der Waals surface area contributed by atoms with Crippen LogP contribution in [-0.2, 0) is 9.53 Å². The Labute approximate surface area is 165 Å². The largest absolute Gasteiger partial charge is 0.496 e. The van der Waals surface area contributed by atoms with Crippen molar-refractivity contribution in [3.05, 3.63) is 29.8 Å². The quantitative estimate of drug-likeness (QED) is 0.800. The number of benzene rings is 1. The topological polar surface area (TPSA) is 97.0 Å². The number of nitrogens with zero attached hydrogens (tertiary/aromatic N) is 1. The molecule has 1 aliphatic heterocycles. The van der Waals surface area contributed by atoms with Crippen LogP contribution in [0.3, 0.4) is 0 Å². The zero-order chi connectivity index (χ0) is 20.7. The highest BCUT2D eigenvalue weighted by Crippen LogP contribution is 2.21. The highest BCUT2D eigenvalue weighted by atomic mass is 16.6. The molecule has 154 valence electrons. The molecule has 0 unspecified atom stereocenters. The maximum atomic E-state index is 12.7. The number of methoxy groups -OCH3 is 1. The van der Waals surface area contributed by atoms with Gasteiger partial charge in [-0.3, -0.25) is 9.59 Å². The first-order valence-electron chi connectivity index (χ1n) is 9.38. The van der Waals surface area contributed by atoms with Crippen molar-refractivity contribution in [3.8, 4) is 5.75 Å². The van der Waals surface area contributed by atoms with Gasteiger partial charge in [-0.05, 0) is 45.7 Å². The lowest BCUT2D eigenvalue weighted by Crippen LogP contribution is -2.49. The molecule has 0 spiro atoms. The summed E-state index contributed by atoms with van der Waals surface area (Å²) in [6, 6.07) is 7.10. The SMILES string of the molecule is COc1ccccc1C(=O)N1CCC(NC(=O)CNC(=O)OC(C)(C)C)CC1. The van der Waals surface area contributed by atoms with Crippen molar-refractivity contribution in [3.63, 3.8) is 0 Å². The van der Waals surface area contributed by atoms with Crippen LogP contribution in [0.5, 0.6) is 5.75 Å². The molecular formula is C20H29N3O5. The third-order valence-corrected chi connectivity index (χ3v) is 4.28. The number of carbonyl (C=O) groups excluding carboxylic acids is 3. The standard InChI is InChI=1S/C20H29N3O5/c1-20(2,3)28-19(26)21-13-17(24)22-14-9-11-23(12-10-14)18(25)15-7-5-6-8-16(15)27-4/h5-8,14H,9-13H2,1-4H3,(H,21,26)(H,22,24). The Morgan fingerprint density at radius 3 is 2.39 bits per heavy atom. The summed E-state index contributed by atoms with van der Waals surface area (Å²) < 4.78 is 10.4. The summed E-state index contributed by atoms with van der Waals surface area (Å²) in [6.07, 6.45) is 0.679. The zero-order valence-electron chi connectivity index (χ0n) is 16.9. The number of rotatable bonds is 5. The van der Waals surface area contributed by atoms with E-state index < -0.39 is 11.7 Å². The molecule has 0 radical (unpaired) electrons. The van der Waals surface area contributed by atoms with Crippen molar-refractivity contribution < 1.29 is 23.9 Å². The normalized spacial score (nSPS) is 14.9. The van der Waals surface area contributed by atoms with Crippen LogP contribution in [0.15, 0.2) is 24.3 Å². The molecule has 1 aromatic rings. The summed E-state index contributed by atoms with van der Waals surface area (Å²) in [4.78, 5) is 38.1. The van der Waals surface area contributed by atoms with Crippen LogP contribution in [0.25, 0.3) is 0 Å². The van der Waals surface area contributed by atoms with Crippen molar-refractivity contribution in [1.29, 1.82) is 0 Å². The lowest BCUT2D eigenvalue weighted by atomic mass is 10.0. The Balaban J connectivity index is 1.77. The number of piperidine rings is 1. The minimum absolute atomic E-state index is 0.0327. The first-order chi connectivity index (χ1) is 13.2. The summed E-state index contributed by atoms with van der Waals surface area (Å²) in [7, 11) is 1.54. The fourth-order valence-corrected chi connectivity index (χ4v) is 2.96. The molecular weight excluding hydrogens is 362 g/mol. The molecule has 0 bridgehead atoms. The predicted octanol–water partition coefficient (Wildman–Crippen LogP) is 1.94. The molecule has 8 nitrogen and oxygen atoms in total. The van der Waals surface area contributed by atoms with Crippen LogP contribution < -0.4 is 15.4 Å². The number of hydrogen-bond acceptors (Lipinski definition) is 5. The van der Waals surface area contributed by atoms with E-state index >= 15 is 0 Å². The zero-order valence-corrected chi connectivity index (χ0v) is 16.9. The molecule has 28 heavy (non-hydrogen) atoms. The van der Waals surface area contributed by atoms with E-state index in [0.717, 1.165) is 0 Å². The average molecular weight is 391 g/mol. The van der Waals surface area contributed by atoms with Gasteiger partial charge in [0.1, 0.15) is 17.9 Å². The van der Waals surface area contributed by atoms with Gasteiger partial charge in [-0.1, -0.05) is 12.1 Å². The predicted molar refractivity (Wildman–Crippen MR) is 104 cm³/mol. The number of likely N-dealkylation sites (tertiary alicyclic amines) is 1. The molecule has 0 atom stereocenters. The molecule has 3 amide bonds. The second kappa shape index (κ2) is 9.43. The molecule has 1 saturated heterocycles. The summed E-state index contributed by atoms with van der Waals surface area (Å²) in [5, 5.41) is 5.33. The smallest absolute Gasteiger partial charge is 0.408 e. The van der Waals surface area contributed by atoms with Gasteiger partial charge in [0.05, 0.1) is 12.7 Å². The van der Waals surface area contributed by atoms with E-state index in [1.54, 1.807) is 51.0 Å². The molecule has 1 aliphatic rings. The molecule has 0 saturated carbocycles. The maximum Gasteiger partial charge on any atom is 0.408 e. The average Bonchev–Trinajstić information content (AvgIpc) is 2.65. The minimum Gasteiger partial charge on any atom is -0.496 e. The van der Waals surface area contributed by atoms with Crippen LogP contribution in [0.2, 0.25) is 0 Å². The minimum atomic E-state index is -0.625. The van der Waals surface area contributed by atoms with Crippen LogP contribution >= 0.6 is 0 Å². The van der Waals surface area contributed by atoms with Gasteiger partial charge in [-0.2, -0.15) is 0 Å². The fraction of sp³-hybridized carbons (Fsp3) is 0.550. The fourth-order valence-electron chi connectivity index (χ4n) is 2.96. The Hall–Kier alpha value is -2.77. The van der Waals surface area contributed by atoms with E-state index in [1.807, 2.05) is 6.07 Å². The lowest BCUT2D eigenvalue weighted by molar-refractivity contribution is -0.121. The molecule has 0 aromatic heterocycles. The van der Waals surface area contributed by atoms with E-state index in [-0.39, 0.29) is 24.4 Å². The van der Waals surface area contributed by atoms with Gasteiger partial charge in [0.25, 0.3) is 5.91 Å². The van der Waals surface area contributed by atoms with E-state index in [2.05, 4.69) is 10.6 Å². The summed E-state index contributed by atoms with van der Waals surface area (Å²) in [5.74, 6) is 0.199. The van der Waals surface area contributed by atoms with Gasteiger partial charge in [0.15, 0.2) is 0 Å². The third-order valence-electron chi connectivity index (χ3n) is 4.28. The maximum absolute atomic E-state index is 12.7. The van der Waals surface area contributed by atoms with Crippen LogP contribution in [0.1, 0.15) is 44.0 Å². The number of nitrogens with one attached hydrogen (secondary N) is 2. The molecule has 1 heterocycles. The third kappa shape index (κ3) is 6.44. The van der Waals surface area contributed by atoms with Crippen molar-refractivity contribution in [2.75, 3.05) is 26.7 Å². The second-order valence-corrected chi connectivity index (χ2v) is 7.69. The summed E-state index contributed by atoms with van der Waals surface area (Å²) in [6.45, 7) is 6.21. The summed E-state index contributed by atoms with van der Waals surface area (Å²) in [5.41, 5.74) is -0.0736. The molecule has 1 aromatic carbocycles. The van der Waals surface area contributed by atoms with Crippen LogP contribution in [0, 0.1) is 0 Å². The van der Waals surface area contributed by atoms with Crippen LogP contribution in [-0.4, -0.2) is 61.2 Å². The van der Waals surface area contributed by atoms with Gasteiger partial charge in [0, 0.05) is 19.1 Å². The summed E-state index contributed by atoms with van der Waals surface area (Å²) >= 11 is 0. The van der Waals surface area contributed by atoms with Crippen LogP contribution in [0.4, 0.5) is 4.79 Å². The Kier molecular flexibility index (Phi) is 7.25. The van der Waals surface area contributed by atoms with Gasteiger partial charge >= 0.3 is 6.09 Å². The monoisotopic (exact) mass is 391 g/mol. The number of amides is 3. The van der Waals surface area contributed by atoms with E-state index in [0.29, 0.717) is 37.2 Å². The Morgan fingerprint density at radius 1 is 1.14 bits per heavy atom. The first kappa shape index (κ1) is 21.5. The van der Waals surface area contributed by atoms with Gasteiger partial charge in [0.2, 0.25) is 5.91 Å². The number of alkyl carbamates (subject to hydrolysis) is 1. The lowest BCUT2D eigenvalue weighted by Gasteiger charge is -2.32. The molecule has 0 aliphatic carbocycles. The number of para-hydroxylation sites is 1. The Morgan fingerprint density at radius 2 is 1.79 bits per heavy atom. The van der Waals surface area contributed by atoms with Crippen molar-refractivity contribution >= 4 is 17.9 Å². The molecule has 2 rings (SSSR count). The highest BCUT2D eigenvalue weighted by Gasteiger charge is 2.26.